The van der Waals surface area contributed by atoms with Crippen LogP contribution in [0.1, 0.15) is 11.1 Å². The lowest BCUT2D eigenvalue weighted by molar-refractivity contribution is 0.592. The normalized spacial score (nSPS) is 12.3. The average Bonchev–Trinajstić information content (AvgIpc) is 3.97. The first-order valence-corrected chi connectivity index (χ1v) is 19.0. The van der Waals surface area contributed by atoms with Crippen molar-refractivity contribution < 1.29 is 8.78 Å². The van der Waals surface area contributed by atoms with E-state index in [1.807, 2.05) is 18.2 Å². The molecule has 0 aliphatic carbocycles. The first-order chi connectivity index (χ1) is 26.2. The van der Waals surface area contributed by atoms with Gasteiger partial charge in [-0.1, -0.05) is 59.7 Å². The molecule has 0 spiro atoms. The molecule has 10 rings (SSSR count). The molecule has 0 saturated heterocycles. The van der Waals surface area contributed by atoms with Gasteiger partial charge in [0.05, 0.1) is 34.5 Å². The highest BCUT2D eigenvalue weighted by Crippen LogP contribution is 2.51. The summed E-state index contributed by atoms with van der Waals surface area (Å²) in [7, 11) is 0. The quantitative estimate of drug-likeness (QED) is 0.161. The highest BCUT2D eigenvalue weighted by Gasteiger charge is 2.25. The Balaban J connectivity index is 1.23. The van der Waals surface area contributed by atoms with E-state index in [1.165, 1.54) is 11.1 Å². The van der Waals surface area contributed by atoms with Gasteiger partial charge in [0, 0.05) is 54.8 Å². The molecule has 10 aromatic rings. The smallest absolute Gasteiger partial charge is 0.252 e. The summed E-state index contributed by atoms with van der Waals surface area (Å²) in [5.41, 5.74) is 5.55. The van der Waals surface area contributed by atoms with E-state index in [1.54, 1.807) is 17.4 Å². The van der Waals surface area contributed by atoms with Crippen LogP contribution in [-0.4, -0.2) is 17.5 Å². The van der Waals surface area contributed by atoms with E-state index in [0.29, 0.717) is 33.5 Å². The molecule has 54 heavy (non-hydrogen) atoms. The molecule has 0 aliphatic rings. The fraction of sp³-hybridized carbons (Fsp3) is 0.0488. The van der Waals surface area contributed by atoms with Crippen LogP contribution in [0.3, 0.4) is 0 Å². The summed E-state index contributed by atoms with van der Waals surface area (Å²) >= 11 is 3.71. The fourth-order valence-corrected chi connectivity index (χ4v) is 9.56. The van der Waals surface area contributed by atoms with Gasteiger partial charge in [-0.15, -0.1) is 11.3 Å². The van der Waals surface area contributed by atoms with Crippen molar-refractivity contribution >= 4 is 111 Å². The zero-order chi connectivity index (χ0) is 36.8. The van der Waals surface area contributed by atoms with Crippen LogP contribution in [0.25, 0.3) is 64.8 Å². The number of anilines is 3. The van der Waals surface area contributed by atoms with Crippen molar-refractivity contribution in [3.8, 4) is 10.4 Å². The third kappa shape index (κ3) is 4.92. The molecule has 3 aromatic heterocycles. The second kappa shape index (κ2) is 12.2. The van der Waals surface area contributed by atoms with Crippen LogP contribution in [0.2, 0.25) is 0 Å². The molecule has 3 heterocycles. The lowest BCUT2D eigenvalue weighted by atomic mass is 9.99. The number of aryl methyl sites for hydroxylation is 2. The van der Waals surface area contributed by atoms with Gasteiger partial charge in [-0.2, -0.15) is 17.5 Å². The average molecular weight is 765 g/mol. The summed E-state index contributed by atoms with van der Waals surface area (Å²) in [5.74, 6) is -2.03. The van der Waals surface area contributed by atoms with Gasteiger partial charge in [0.25, 0.3) is 5.43 Å². The minimum absolute atomic E-state index is 0.194. The van der Waals surface area contributed by atoms with Crippen molar-refractivity contribution in [2.45, 2.75) is 13.8 Å². The Morgan fingerprint density at radius 1 is 0.611 bits per heavy atom. The number of hydrogen-bond acceptors (Lipinski definition) is 11. The Morgan fingerprint density at radius 2 is 1.20 bits per heavy atom. The molecule has 0 radical (unpaired) electrons. The van der Waals surface area contributed by atoms with Gasteiger partial charge >= 0.3 is 0 Å². The Bertz CT molecular complexity index is 3280. The van der Waals surface area contributed by atoms with E-state index in [0.717, 1.165) is 72.5 Å². The minimum atomic E-state index is -1.11. The third-order valence-electron chi connectivity index (χ3n) is 9.67. The van der Waals surface area contributed by atoms with Gasteiger partial charge in [0.15, 0.2) is 0 Å². The summed E-state index contributed by atoms with van der Waals surface area (Å²) in [6.07, 6.45) is 0. The molecule has 0 bridgehead atoms. The molecule has 0 fully saturated rings. The third-order valence-corrected chi connectivity index (χ3v) is 12.0. The van der Waals surface area contributed by atoms with E-state index >= 15 is 0 Å². The summed E-state index contributed by atoms with van der Waals surface area (Å²) in [5, 5.41) is 3.54. The van der Waals surface area contributed by atoms with E-state index in [9.17, 15) is 18.4 Å². The van der Waals surface area contributed by atoms with E-state index < -0.39 is 27.9 Å². The van der Waals surface area contributed by atoms with Crippen molar-refractivity contribution in [2.24, 2.45) is 4.99 Å². The zero-order valence-electron chi connectivity index (χ0n) is 28.2. The minimum Gasteiger partial charge on any atom is -0.301 e. The summed E-state index contributed by atoms with van der Waals surface area (Å²) in [6.45, 7) is 4.15. The monoisotopic (exact) mass is 764 g/mol. The Hall–Kier alpha value is -6.15. The molecule has 0 saturated carbocycles. The van der Waals surface area contributed by atoms with Crippen LogP contribution in [-0.2, 0) is 0 Å². The maximum atomic E-state index is 14.7. The van der Waals surface area contributed by atoms with Crippen LogP contribution in [0.5, 0.6) is 0 Å². The molecule has 13 heteroatoms. The van der Waals surface area contributed by atoms with Gasteiger partial charge in [0.2, 0.25) is 5.43 Å². The summed E-state index contributed by atoms with van der Waals surface area (Å²) in [6, 6.07) is 30.6. The van der Waals surface area contributed by atoms with Gasteiger partial charge in [-0.3, -0.25) is 9.59 Å². The van der Waals surface area contributed by atoms with Gasteiger partial charge in [0.1, 0.15) is 44.1 Å². The number of nitrogens with zero attached hydrogens (tertiary/aromatic N) is 6. The molecule has 0 N–H and O–H groups in total. The largest absolute Gasteiger partial charge is 0.301 e. The second-order valence-corrected chi connectivity index (χ2v) is 15.1. The first-order valence-electron chi connectivity index (χ1n) is 16.7. The number of halogens is 2. The maximum absolute atomic E-state index is 14.7. The molecule has 0 amide bonds. The van der Waals surface area contributed by atoms with Crippen molar-refractivity contribution in [2.75, 3.05) is 4.90 Å². The highest BCUT2D eigenvalue weighted by atomic mass is 32.1. The molecule has 0 atom stereocenters. The lowest BCUT2D eigenvalue weighted by Crippen LogP contribution is -2.30. The topological polar surface area (TPSA) is 101 Å². The summed E-state index contributed by atoms with van der Waals surface area (Å²) < 4.78 is 47.6. The van der Waals surface area contributed by atoms with Crippen molar-refractivity contribution in [3.05, 3.63) is 146 Å². The van der Waals surface area contributed by atoms with Crippen LogP contribution in [0.15, 0.2) is 112 Å². The van der Waals surface area contributed by atoms with Crippen molar-refractivity contribution in [1.82, 2.24) is 17.5 Å². The zero-order valence-corrected chi connectivity index (χ0v) is 30.7. The SMILES string of the molecule is Cc1ccc(N(c2ccc(C)cc2)c2sc(-c3cc4c(cc(N=c5c(=O)c(=O)c6c(F)cc(F)cc56)c5nsnc54)c4nsnc34)c3ccccc23)cc1. The first kappa shape index (κ1) is 32.5. The van der Waals surface area contributed by atoms with Crippen molar-refractivity contribution in [1.29, 1.82) is 0 Å². The van der Waals surface area contributed by atoms with Crippen LogP contribution >= 0.6 is 34.8 Å². The molecular weight excluding hydrogens is 743 g/mol. The number of benzene rings is 6. The maximum Gasteiger partial charge on any atom is 0.252 e. The molecular formula is C41H22F2N6O2S3. The molecule has 7 aromatic carbocycles. The number of hydrogen-bond donors (Lipinski definition) is 0. The Kier molecular flexibility index (Phi) is 7.34. The fourth-order valence-electron chi connectivity index (χ4n) is 7.08. The van der Waals surface area contributed by atoms with E-state index in [-0.39, 0.29) is 16.4 Å². The standard InChI is InChI=1S/C41H22F2N6O2S3/c1-19-7-11-22(12-8-19)49(23-13-9-20(2)10-14-23)41-25-6-4-3-5-24(25)40(52-41)29-17-26-27(33-35(29)47-53-45-33)18-31(37-34(26)46-54-48-37)44-36-28-15-21(42)16-30(43)32(28)38(50)39(36)51/h3-18H,1-2H3. The molecule has 0 unspecified atom stereocenters. The van der Waals surface area contributed by atoms with Gasteiger partial charge in [-0.25, -0.2) is 13.8 Å². The number of rotatable bonds is 5. The molecule has 0 aliphatic heterocycles. The number of fused-ring (bicyclic) bond motifs is 7. The second-order valence-electron chi connectivity index (χ2n) is 13.1. The Labute approximate surface area is 315 Å². The van der Waals surface area contributed by atoms with Crippen LogP contribution in [0.4, 0.5) is 30.8 Å². The summed E-state index contributed by atoms with van der Waals surface area (Å²) in [4.78, 5) is 33.7. The van der Waals surface area contributed by atoms with Crippen LogP contribution < -0.4 is 21.1 Å². The van der Waals surface area contributed by atoms with Crippen LogP contribution in [0, 0.1) is 25.5 Å². The van der Waals surface area contributed by atoms with E-state index in [2.05, 4.69) is 93.2 Å². The predicted molar refractivity (Wildman–Crippen MR) is 215 cm³/mol. The highest BCUT2D eigenvalue weighted by molar-refractivity contribution is 7.22. The lowest BCUT2D eigenvalue weighted by Gasteiger charge is -2.24. The molecule has 8 nitrogen and oxygen atoms in total. The number of thiophene rings is 1. The molecule has 260 valence electrons. The van der Waals surface area contributed by atoms with E-state index in [4.69, 9.17) is 8.75 Å². The Morgan fingerprint density at radius 3 is 1.89 bits per heavy atom. The van der Waals surface area contributed by atoms with Crippen molar-refractivity contribution in [3.63, 3.8) is 0 Å². The number of aromatic nitrogens is 4. The predicted octanol–water partition coefficient (Wildman–Crippen LogP) is 10.1. The van der Waals surface area contributed by atoms with Gasteiger partial charge < -0.3 is 4.90 Å². The van der Waals surface area contributed by atoms with Gasteiger partial charge in [-0.05, 0) is 56.3 Å².